The molecule has 9 heteroatoms. The van der Waals surface area contributed by atoms with Gasteiger partial charge in [0.2, 0.25) is 17.7 Å². The van der Waals surface area contributed by atoms with Gasteiger partial charge in [0.1, 0.15) is 0 Å². The molecule has 1 saturated heterocycles. The number of hydrogen-bond donors (Lipinski definition) is 2. The number of piperazine rings is 1. The van der Waals surface area contributed by atoms with Crippen molar-refractivity contribution in [2.24, 2.45) is 0 Å². The maximum absolute atomic E-state index is 12.4. The molecule has 29 heavy (non-hydrogen) atoms. The van der Waals surface area contributed by atoms with Crippen LogP contribution in [0, 0.1) is 0 Å². The maximum Gasteiger partial charge on any atom is 0.240 e. The smallest absolute Gasteiger partial charge is 0.240 e. The second-order valence-electron chi connectivity index (χ2n) is 7.56. The normalized spacial score (nSPS) is 15.4. The lowest BCUT2D eigenvalue weighted by molar-refractivity contribution is -0.117. The summed E-state index contributed by atoms with van der Waals surface area (Å²) in [4.78, 5) is 32.3. The van der Waals surface area contributed by atoms with Gasteiger partial charge in [-0.2, -0.15) is 4.98 Å². The summed E-state index contributed by atoms with van der Waals surface area (Å²) in [5.74, 6) is 1.41. The third-order valence-electron chi connectivity index (χ3n) is 4.66. The number of nitrogens with zero attached hydrogens (tertiary/aromatic N) is 4. The lowest BCUT2D eigenvalue weighted by atomic mass is 10.2. The first kappa shape index (κ1) is 20.9. The molecule has 0 radical (unpaired) electrons. The van der Waals surface area contributed by atoms with Crippen molar-refractivity contribution in [3.8, 4) is 0 Å². The fourth-order valence-corrected chi connectivity index (χ4v) is 3.15. The van der Waals surface area contributed by atoms with E-state index in [1.807, 2.05) is 13.8 Å². The summed E-state index contributed by atoms with van der Waals surface area (Å²) < 4.78 is 5.31. The van der Waals surface area contributed by atoms with E-state index >= 15 is 0 Å². The quantitative estimate of drug-likeness (QED) is 0.732. The zero-order chi connectivity index (χ0) is 20.8. The Hall–Kier alpha value is -2.78. The molecule has 0 aliphatic carbocycles. The Morgan fingerprint density at radius 1 is 1.10 bits per heavy atom. The van der Waals surface area contributed by atoms with Crippen LogP contribution in [0.3, 0.4) is 0 Å². The number of aromatic nitrogens is 2. The maximum atomic E-state index is 12.4. The van der Waals surface area contributed by atoms with Crippen LogP contribution in [-0.4, -0.2) is 64.5 Å². The highest BCUT2D eigenvalue weighted by atomic mass is 16.5. The molecule has 1 aromatic heterocycles. The number of rotatable bonds is 7. The Morgan fingerprint density at radius 3 is 2.38 bits per heavy atom. The standard InChI is InChI=1S/C20H28N6O3/c1-14(2)20-23-19(29-24-20)13-26-9-7-25(8-10-26)12-18(28)22-17-6-4-5-16(11-17)21-15(3)27/h4-6,11,14H,7-10,12-13H2,1-3H3,(H,21,27)(H,22,28). The Bertz CT molecular complexity index is 842. The van der Waals surface area contributed by atoms with E-state index in [1.54, 1.807) is 24.3 Å². The number of benzene rings is 1. The van der Waals surface area contributed by atoms with E-state index in [0.29, 0.717) is 30.4 Å². The summed E-state index contributed by atoms with van der Waals surface area (Å²) in [7, 11) is 0. The molecule has 1 aliphatic heterocycles. The zero-order valence-electron chi connectivity index (χ0n) is 17.1. The SMILES string of the molecule is CC(=O)Nc1cccc(NC(=O)CN2CCN(Cc3nc(C(C)C)no3)CC2)c1. The molecule has 2 amide bonds. The van der Waals surface area contributed by atoms with E-state index in [2.05, 4.69) is 30.6 Å². The van der Waals surface area contributed by atoms with Crippen LogP contribution in [0.1, 0.15) is 38.4 Å². The summed E-state index contributed by atoms with van der Waals surface area (Å²) in [6.07, 6.45) is 0. The van der Waals surface area contributed by atoms with Gasteiger partial charge in [0.25, 0.3) is 0 Å². The van der Waals surface area contributed by atoms with Gasteiger partial charge in [-0.15, -0.1) is 0 Å². The zero-order valence-corrected chi connectivity index (χ0v) is 17.1. The van der Waals surface area contributed by atoms with Crippen molar-refractivity contribution >= 4 is 23.2 Å². The molecule has 3 rings (SSSR count). The molecule has 0 saturated carbocycles. The first-order valence-corrected chi connectivity index (χ1v) is 9.83. The van der Waals surface area contributed by atoms with Crippen molar-refractivity contribution in [1.82, 2.24) is 19.9 Å². The van der Waals surface area contributed by atoms with Crippen molar-refractivity contribution in [2.75, 3.05) is 43.4 Å². The Morgan fingerprint density at radius 2 is 1.76 bits per heavy atom. The molecular formula is C20H28N6O3. The van der Waals surface area contributed by atoms with Gasteiger partial charge in [0.15, 0.2) is 5.82 Å². The number of anilines is 2. The number of carbonyl (C=O) groups excluding carboxylic acids is 2. The Balaban J connectivity index is 1.43. The highest BCUT2D eigenvalue weighted by Gasteiger charge is 2.21. The molecule has 9 nitrogen and oxygen atoms in total. The van der Waals surface area contributed by atoms with Crippen molar-refractivity contribution in [3.05, 3.63) is 36.0 Å². The molecule has 2 N–H and O–H groups in total. The van der Waals surface area contributed by atoms with E-state index in [-0.39, 0.29) is 17.7 Å². The fraction of sp³-hybridized carbons (Fsp3) is 0.500. The molecule has 0 unspecified atom stereocenters. The number of carbonyl (C=O) groups is 2. The second kappa shape index (κ2) is 9.62. The average molecular weight is 400 g/mol. The Labute approximate surface area is 170 Å². The summed E-state index contributed by atoms with van der Waals surface area (Å²) in [6.45, 7) is 9.76. The number of amides is 2. The highest BCUT2D eigenvalue weighted by molar-refractivity contribution is 5.94. The third-order valence-corrected chi connectivity index (χ3v) is 4.66. The van der Waals surface area contributed by atoms with Gasteiger partial charge in [-0.25, -0.2) is 0 Å². The van der Waals surface area contributed by atoms with E-state index < -0.39 is 0 Å². The monoisotopic (exact) mass is 400 g/mol. The van der Waals surface area contributed by atoms with E-state index in [0.717, 1.165) is 32.0 Å². The largest absolute Gasteiger partial charge is 0.338 e. The molecule has 1 aliphatic rings. The first-order chi connectivity index (χ1) is 13.9. The number of nitrogens with one attached hydrogen (secondary N) is 2. The van der Waals surface area contributed by atoms with Gasteiger partial charge in [-0.05, 0) is 18.2 Å². The predicted molar refractivity (Wildman–Crippen MR) is 109 cm³/mol. The minimum Gasteiger partial charge on any atom is -0.338 e. The number of hydrogen-bond acceptors (Lipinski definition) is 7. The van der Waals surface area contributed by atoms with Gasteiger partial charge >= 0.3 is 0 Å². The van der Waals surface area contributed by atoms with Crippen LogP contribution in [0.25, 0.3) is 0 Å². The van der Waals surface area contributed by atoms with Gasteiger partial charge in [-0.3, -0.25) is 19.4 Å². The summed E-state index contributed by atoms with van der Waals surface area (Å²) in [5, 5.41) is 9.60. The van der Waals surface area contributed by atoms with Gasteiger partial charge in [0, 0.05) is 50.4 Å². The van der Waals surface area contributed by atoms with Crippen molar-refractivity contribution < 1.29 is 14.1 Å². The molecule has 0 spiro atoms. The minimum absolute atomic E-state index is 0.0723. The predicted octanol–water partition coefficient (Wildman–Crippen LogP) is 1.91. The van der Waals surface area contributed by atoms with Crippen LogP contribution in [0.4, 0.5) is 11.4 Å². The minimum atomic E-state index is -0.146. The molecule has 1 fully saturated rings. The van der Waals surface area contributed by atoms with E-state index in [9.17, 15) is 9.59 Å². The molecular weight excluding hydrogens is 372 g/mol. The van der Waals surface area contributed by atoms with Crippen LogP contribution in [0.5, 0.6) is 0 Å². The van der Waals surface area contributed by atoms with Crippen molar-refractivity contribution in [3.63, 3.8) is 0 Å². The van der Waals surface area contributed by atoms with Crippen LogP contribution in [0.2, 0.25) is 0 Å². The molecule has 2 heterocycles. The summed E-state index contributed by atoms with van der Waals surface area (Å²) >= 11 is 0. The molecule has 0 bridgehead atoms. The van der Waals surface area contributed by atoms with E-state index in [1.165, 1.54) is 6.92 Å². The van der Waals surface area contributed by atoms with Gasteiger partial charge in [-0.1, -0.05) is 25.1 Å². The van der Waals surface area contributed by atoms with Crippen LogP contribution in [0.15, 0.2) is 28.8 Å². The highest BCUT2D eigenvalue weighted by Crippen LogP contribution is 2.15. The van der Waals surface area contributed by atoms with Crippen molar-refractivity contribution in [2.45, 2.75) is 33.2 Å². The van der Waals surface area contributed by atoms with Crippen molar-refractivity contribution in [1.29, 1.82) is 0 Å². The van der Waals surface area contributed by atoms with Gasteiger partial charge < -0.3 is 15.2 Å². The lowest BCUT2D eigenvalue weighted by Crippen LogP contribution is -2.48. The second-order valence-corrected chi connectivity index (χ2v) is 7.56. The third kappa shape index (κ3) is 6.37. The molecule has 1 aromatic carbocycles. The topological polar surface area (TPSA) is 104 Å². The van der Waals surface area contributed by atoms with Crippen LogP contribution < -0.4 is 10.6 Å². The first-order valence-electron chi connectivity index (χ1n) is 9.83. The van der Waals surface area contributed by atoms with Crippen LogP contribution in [-0.2, 0) is 16.1 Å². The van der Waals surface area contributed by atoms with Gasteiger partial charge in [0.05, 0.1) is 13.1 Å². The average Bonchev–Trinajstić information content (AvgIpc) is 3.12. The molecule has 156 valence electrons. The summed E-state index contributed by atoms with van der Waals surface area (Å²) in [6, 6.07) is 7.12. The summed E-state index contributed by atoms with van der Waals surface area (Å²) in [5.41, 5.74) is 1.32. The molecule has 2 aromatic rings. The fourth-order valence-electron chi connectivity index (χ4n) is 3.15. The molecule has 0 atom stereocenters. The van der Waals surface area contributed by atoms with Crippen LogP contribution >= 0.6 is 0 Å². The van der Waals surface area contributed by atoms with E-state index in [4.69, 9.17) is 4.52 Å². The Kier molecular flexibility index (Phi) is 6.95. The lowest BCUT2D eigenvalue weighted by Gasteiger charge is -2.33.